The van der Waals surface area contributed by atoms with E-state index in [2.05, 4.69) is 35.2 Å². The predicted molar refractivity (Wildman–Crippen MR) is 39.8 cm³/mol. The van der Waals surface area contributed by atoms with E-state index in [1.54, 1.807) is 6.20 Å². The predicted octanol–water partition coefficient (Wildman–Crippen LogP) is 2.13. The highest BCUT2D eigenvalue weighted by molar-refractivity contribution is 5.62. The fraction of sp³-hybridized carbons (Fsp3) is 0.429. The number of hydrogen-bond acceptors (Lipinski definition) is 3. The minimum absolute atomic E-state index is 0.434. The Balaban J connectivity index is 2.87. The SMILES string of the molecule is CC(C)C1=C=NN=NC=C1. The van der Waals surface area contributed by atoms with Gasteiger partial charge in [0.2, 0.25) is 0 Å². The molecule has 0 amide bonds. The van der Waals surface area contributed by atoms with Crippen LogP contribution in [0.15, 0.2) is 33.3 Å². The molecule has 1 aliphatic heterocycles. The third kappa shape index (κ3) is 1.64. The minimum atomic E-state index is 0.434. The number of allylic oxidation sites excluding steroid dienone is 2. The summed E-state index contributed by atoms with van der Waals surface area (Å²) in [6.45, 7) is 4.15. The van der Waals surface area contributed by atoms with Gasteiger partial charge in [-0.15, -0.1) is 5.11 Å². The molecule has 3 heteroatoms. The Bertz CT molecular complexity index is 229. The molecule has 0 aliphatic carbocycles. The molecule has 0 aromatic heterocycles. The van der Waals surface area contributed by atoms with Crippen LogP contribution in [0.5, 0.6) is 0 Å². The first-order valence-corrected chi connectivity index (χ1v) is 3.20. The fourth-order valence-electron chi connectivity index (χ4n) is 0.608. The lowest BCUT2D eigenvalue weighted by Gasteiger charge is -1.98. The van der Waals surface area contributed by atoms with E-state index in [1.165, 1.54) is 0 Å². The van der Waals surface area contributed by atoms with Crippen molar-refractivity contribution in [2.75, 3.05) is 0 Å². The van der Waals surface area contributed by atoms with Crippen LogP contribution in [0, 0.1) is 5.92 Å². The van der Waals surface area contributed by atoms with Crippen molar-refractivity contribution in [3.63, 3.8) is 0 Å². The maximum Gasteiger partial charge on any atom is 0.0523 e. The van der Waals surface area contributed by atoms with Crippen molar-refractivity contribution < 1.29 is 0 Å². The molecule has 10 heavy (non-hydrogen) atoms. The molecule has 1 aliphatic rings. The van der Waals surface area contributed by atoms with Gasteiger partial charge in [-0.25, -0.2) is 0 Å². The van der Waals surface area contributed by atoms with Gasteiger partial charge in [0, 0.05) is 11.4 Å². The fourth-order valence-corrected chi connectivity index (χ4v) is 0.608. The van der Waals surface area contributed by atoms with Crippen LogP contribution < -0.4 is 0 Å². The molecule has 52 valence electrons. The van der Waals surface area contributed by atoms with Crippen molar-refractivity contribution >= 4 is 5.87 Å². The molecule has 0 saturated carbocycles. The first-order valence-electron chi connectivity index (χ1n) is 3.20. The Morgan fingerprint density at radius 3 is 3.00 bits per heavy atom. The Kier molecular flexibility index (Phi) is 2.13. The largest absolute Gasteiger partial charge is 0.138 e. The summed E-state index contributed by atoms with van der Waals surface area (Å²) >= 11 is 0. The molecule has 1 rings (SSSR count). The molecule has 0 N–H and O–H groups in total. The smallest absolute Gasteiger partial charge is 0.0523 e. The summed E-state index contributed by atoms with van der Waals surface area (Å²) in [6.07, 6.45) is 3.49. The first kappa shape index (κ1) is 6.90. The van der Waals surface area contributed by atoms with Crippen molar-refractivity contribution in [3.05, 3.63) is 17.8 Å². The monoisotopic (exact) mass is 135 g/mol. The van der Waals surface area contributed by atoms with E-state index in [9.17, 15) is 0 Å². The molecule has 0 saturated heterocycles. The summed E-state index contributed by atoms with van der Waals surface area (Å²) in [5, 5.41) is 10.6. The van der Waals surface area contributed by atoms with Crippen LogP contribution in [-0.2, 0) is 0 Å². The highest BCUT2D eigenvalue weighted by Gasteiger charge is 1.98. The van der Waals surface area contributed by atoms with Gasteiger partial charge in [-0.2, -0.15) is 0 Å². The maximum absolute atomic E-state index is 3.60. The lowest BCUT2D eigenvalue weighted by atomic mass is 10.1. The second kappa shape index (κ2) is 3.08. The lowest BCUT2D eigenvalue weighted by Crippen LogP contribution is -1.89. The molecule has 0 atom stereocenters. The molecular weight excluding hydrogens is 126 g/mol. The van der Waals surface area contributed by atoms with E-state index in [4.69, 9.17) is 0 Å². The Morgan fingerprint density at radius 2 is 2.30 bits per heavy atom. The maximum atomic E-state index is 3.60. The zero-order valence-electron chi connectivity index (χ0n) is 6.07. The Hall–Kier alpha value is -1.21. The van der Waals surface area contributed by atoms with Crippen LogP contribution in [0.3, 0.4) is 0 Å². The van der Waals surface area contributed by atoms with E-state index < -0.39 is 0 Å². The average Bonchev–Trinajstić information content (AvgIpc) is 2.12. The molecule has 0 aromatic rings. The van der Waals surface area contributed by atoms with Crippen LogP contribution in [0.1, 0.15) is 13.8 Å². The standard InChI is InChI=1S/C7H9N3/c1-6(2)7-3-4-8-10-9-5-7/h3-4,6H,1-2H3. The normalized spacial score (nSPS) is 15.7. The zero-order chi connectivity index (χ0) is 7.40. The van der Waals surface area contributed by atoms with Gasteiger partial charge in [0.15, 0.2) is 0 Å². The molecular formula is C7H9N3. The molecule has 0 unspecified atom stereocenters. The Labute approximate surface area is 59.9 Å². The lowest BCUT2D eigenvalue weighted by molar-refractivity contribution is 0.801. The highest BCUT2D eigenvalue weighted by Crippen LogP contribution is 2.08. The van der Waals surface area contributed by atoms with Gasteiger partial charge < -0.3 is 0 Å². The van der Waals surface area contributed by atoms with E-state index in [0.29, 0.717) is 5.92 Å². The summed E-state index contributed by atoms with van der Waals surface area (Å²) in [5.41, 5.74) is 1.03. The summed E-state index contributed by atoms with van der Waals surface area (Å²) in [6, 6.07) is 0. The van der Waals surface area contributed by atoms with Crippen LogP contribution in [-0.4, -0.2) is 5.87 Å². The van der Waals surface area contributed by atoms with E-state index in [0.717, 1.165) is 5.57 Å². The highest BCUT2D eigenvalue weighted by atomic mass is 15.3. The van der Waals surface area contributed by atoms with Crippen molar-refractivity contribution in [1.29, 1.82) is 0 Å². The van der Waals surface area contributed by atoms with Crippen molar-refractivity contribution in [2.45, 2.75) is 13.8 Å². The van der Waals surface area contributed by atoms with E-state index >= 15 is 0 Å². The van der Waals surface area contributed by atoms with Gasteiger partial charge in [0.05, 0.1) is 6.20 Å². The minimum Gasteiger partial charge on any atom is -0.138 e. The van der Waals surface area contributed by atoms with Crippen molar-refractivity contribution in [3.8, 4) is 0 Å². The summed E-state index contributed by atoms with van der Waals surface area (Å²) in [5.74, 6) is 3.21. The Morgan fingerprint density at radius 1 is 1.50 bits per heavy atom. The van der Waals surface area contributed by atoms with Crippen molar-refractivity contribution in [2.24, 2.45) is 21.4 Å². The molecule has 1 heterocycles. The van der Waals surface area contributed by atoms with Gasteiger partial charge in [-0.05, 0) is 17.2 Å². The zero-order valence-corrected chi connectivity index (χ0v) is 6.07. The number of rotatable bonds is 1. The van der Waals surface area contributed by atoms with Gasteiger partial charge in [-0.3, -0.25) is 0 Å². The van der Waals surface area contributed by atoms with Crippen LogP contribution in [0.25, 0.3) is 0 Å². The number of hydrogen-bond donors (Lipinski definition) is 0. The third-order valence-corrected chi connectivity index (χ3v) is 1.22. The van der Waals surface area contributed by atoms with Crippen LogP contribution >= 0.6 is 0 Å². The van der Waals surface area contributed by atoms with Crippen LogP contribution in [0.4, 0.5) is 0 Å². The molecule has 3 nitrogen and oxygen atoms in total. The van der Waals surface area contributed by atoms with E-state index in [1.807, 2.05) is 6.08 Å². The first-order chi connectivity index (χ1) is 4.80. The molecule has 0 spiro atoms. The quantitative estimate of drug-likeness (QED) is 0.528. The van der Waals surface area contributed by atoms with Gasteiger partial charge in [-0.1, -0.05) is 18.9 Å². The number of nitrogens with zero attached hydrogens (tertiary/aromatic N) is 3. The second-order valence-electron chi connectivity index (χ2n) is 2.34. The van der Waals surface area contributed by atoms with Gasteiger partial charge >= 0.3 is 0 Å². The molecule has 0 aromatic carbocycles. The van der Waals surface area contributed by atoms with E-state index in [-0.39, 0.29) is 0 Å². The van der Waals surface area contributed by atoms with Gasteiger partial charge in [0.1, 0.15) is 0 Å². The van der Waals surface area contributed by atoms with Crippen LogP contribution in [0.2, 0.25) is 0 Å². The van der Waals surface area contributed by atoms with Gasteiger partial charge in [0.25, 0.3) is 0 Å². The van der Waals surface area contributed by atoms with Crippen molar-refractivity contribution in [1.82, 2.24) is 0 Å². The molecule has 0 radical (unpaired) electrons. The summed E-state index contributed by atoms with van der Waals surface area (Å²) < 4.78 is 0. The topological polar surface area (TPSA) is 37.1 Å². The molecule has 0 fully saturated rings. The molecule has 0 bridgehead atoms. The average molecular weight is 135 g/mol. The second-order valence-corrected chi connectivity index (χ2v) is 2.34. The third-order valence-electron chi connectivity index (χ3n) is 1.22. The summed E-state index contributed by atoms with van der Waals surface area (Å²) in [7, 11) is 0. The summed E-state index contributed by atoms with van der Waals surface area (Å²) in [4.78, 5) is 0.